The van der Waals surface area contributed by atoms with Gasteiger partial charge in [-0.2, -0.15) is 0 Å². The number of nitrogens with zero attached hydrogens (tertiary/aromatic N) is 3. The van der Waals surface area contributed by atoms with Gasteiger partial charge in [0.15, 0.2) is 0 Å². The van der Waals surface area contributed by atoms with E-state index in [-0.39, 0.29) is 49.8 Å². The minimum absolute atomic E-state index is 0. The molecule has 0 saturated heterocycles. The molecule has 0 spiro atoms. The maximum atomic E-state index is 11.8. The molecule has 0 aliphatic heterocycles. The Morgan fingerprint density at radius 2 is 1.56 bits per heavy atom. The molecule has 318 valence electrons. The van der Waals surface area contributed by atoms with E-state index in [2.05, 4.69) is 40.7 Å². The van der Waals surface area contributed by atoms with Crippen molar-refractivity contribution in [3.05, 3.63) is 143 Å². The third-order valence-corrected chi connectivity index (χ3v) is 12.6. The monoisotopic (exact) mass is 999 g/mol. The van der Waals surface area contributed by atoms with Gasteiger partial charge in [-0.1, -0.05) is 126 Å². The van der Waals surface area contributed by atoms with Crippen molar-refractivity contribution >= 4 is 11.0 Å². The van der Waals surface area contributed by atoms with E-state index >= 15 is 0 Å². The number of hydrogen-bond donors (Lipinski definition) is 1. The van der Waals surface area contributed by atoms with Crippen molar-refractivity contribution in [1.29, 1.82) is 0 Å². The Bertz CT molecular complexity index is 3190. The Balaban J connectivity index is 0.00000760. The molecule has 1 aliphatic rings. The standard InChI is InChI=1S/C56H62N3O.Pt/c1-33(2)42-26-43(34(3)4)28-44(27-42)40-19-20-51(37(7)25-40)59-52-14-12-13-48(53(52)58-55(59)49-24-36(6)23-38(8)54(49)60)45-29-46(31-47(30-45)56(9,10)11)50-32-41(21-22-57-50)39-17-15-35(5)16-18-39;/h12-25,30-34,42-44,60H,26-28H2,1-11H3;/q-1;/i5D3,7D3,15D,16D,17D,18D,33D;. The molecule has 1 fully saturated rings. The zero-order valence-electron chi connectivity index (χ0n) is 47.5. The summed E-state index contributed by atoms with van der Waals surface area (Å²) in [5, 5.41) is 11.8. The van der Waals surface area contributed by atoms with E-state index in [4.69, 9.17) is 25.0 Å². The van der Waals surface area contributed by atoms with Gasteiger partial charge in [-0.05, 0) is 139 Å². The fraction of sp³-hybridized carbons (Fsp3) is 0.357. The summed E-state index contributed by atoms with van der Waals surface area (Å²) in [6.07, 6.45) is 4.17. The van der Waals surface area contributed by atoms with E-state index in [1.54, 1.807) is 12.1 Å². The number of phenolic OH excluding ortho intramolecular Hbond substituents is 1. The SMILES string of the molecule is [2H]c1c([2H])c(C([2H])([2H])[2H])c([2H])c([2H])c1-c1ccnc(-c2[c-]c(-c3cccc4c3nc(-c3cc(C)cc(C)c3O)n4-c3ccc(C4CC(C(C)C)CC(C([2H])(C)C)C4)cc3C([2H])([2H])[2H])cc(C(C)(C)C)c2)c1.[Pt]. The van der Waals surface area contributed by atoms with E-state index in [1.165, 1.54) is 6.20 Å². The van der Waals surface area contributed by atoms with Crippen molar-refractivity contribution in [2.45, 2.75) is 107 Å². The predicted octanol–water partition coefficient (Wildman–Crippen LogP) is 14.9. The second kappa shape index (κ2) is 17.5. The van der Waals surface area contributed by atoms with Crippen LogP contribution in [0, 0.1) is 57.3 Å². The van der Waals surface area contributed by atoms with Crippen molar-refractivity contribution in [1.82, 2.24) is 14.5 Å². The van der Waals surface area contributed by atoms with Gasteiger partial charge in [-0.3, -0.25) is 9.55 Å². The number of rotatable bonds is 8. The third-order valence-electron chi connectivity index (χ3n) is 12.6. The summed E-state index contributed by atoms with van der Waals surface area (Å²) in [6, 6.07) is 23.8. The summed E-state index contributed by atoms with van der Waals surface area (Å²) in [6.45, 7) is 13.0. The Kier molecular flexibility index (Phi) is 9.18. The minimum Gasteiger partial charge on any atom is -0.507 e. The van der Waals surface area contributed by atoms with Crippen LogP contribution in [-0.4, -0.2) is 19.6 Å². The number of phenols is 1. The number of aryl methyl sites for hydroxylation is 3. The Morgan fingerprint density at radius 1 is 0.803 bits per heavy atom. The van der Waals surface area contributed by atoms with E-state index < -0.39 is 54.7 Å². The zero-order valence-corrected chi connectivity index (χ0v) is 38.8. The summed E-state index contributed by atoms with van der Waals surface area (Å²) in [5.74, 6) is 0.769. The molecule has 0 amide bonds. The van der Waals surface area contributed by atoms with Gasteiger partial charge in [-0.15, -0.1) is 29.3 Å². The number of imidazole rings is 1. The van der Waals surface area contributed by atoms with Crippen LogP contribution in [0.1, 0.15) is 122 Å². The van der Waals surface area contributed by atoms with Crippen LogP contribution in [0.15, 0.2) is 103 Å². The Morgan fingerprint density at radius 3 is 2.26 bits per heavy atom. The van der Waals surface area contributed by atoms with Crippen molar-refractivity contribution in [2.24, 2.45) is 23.6 Å². The minimum atomic E-state index is -2.85. The first kappa shape index (κ1) is 32.0. The normalized spacial score (nSPS) is 20.2. The molecule has 5 heteroatoms. The maximum absolute atomic E-state index is 11.8. The second-order valence-corrected chi connectivity index (χ2v) is 18.5. The number of fused-ring (bicyclic) bond motifs is 1. The van der Waals surface area contributed by atoms with E-state index in [1.807, 2.05) is 92.9 Å². The molecule has 1 saturated carbocycles. The number of aromatic hydroxyl groups is 1. The molecule has 1 N–H and O–H groups in total. The smallest absolute Gasteiger partial charge is 0.148 e. The van der Waals surface area contributed by atoms with Gasteiger partial charge in [0.2, 0.25) is 0 Å². The fourth-order valence-electron chi connectivity index (χ4n) is 9.00. The summed E-state index contributed by atoms with van der Waals surface area (Å²) < 4.78 is 96.3. The quantitative estimate of drug-likeness (QED) is 0.154. The van der Waals surface area contributed by atoms with Crippen LogP contribution in [0.4, 0.5) is 0 Å². The molecule has 3 unspecified atom stereocenters. The summed E-state index contributed by atoms with van der Waals surface area (Å²) in [4.78, 5) is 10.0. The van der Waals surface area contributed by atoms with Gasteiger partial charge in [-0.25, -0.2) is 4.98 Å². The van der Waals surface area contributed by atoms with Crippen molar-refractivity contribution < 1.29 is 41.3 Å². The molecule has 7 aromatic rings. The van der Waals surface area contributed by atoms with Gasteiger partial charge in [0.05, 0.1) is 27.8 Å². The molecule has 0 bridgehead atoms. The Hall–Kier alpha value is -4.79. The topological polar surface area (TPSA) is 50.9 Å². The van der Waals surface area contributed by atoms with Crippen LogP contribution in [0.5, 0.6) is 5.75 Å². The molecule has 5 aromatic carbocycles. The average molecular weight is 999 g/mol. The van der Waals surface area contributed by atoms with E-state index in [9.17, 15) is 5.11 Å². The molecule has 1 aliphatic carbocycles. The van der Waals surface area contributed by atoms with Crippen LogP contribution in [0.2, 0.25) is 0 Å². The number of benzene rings is 5. The first-order valence-corrected chi connectivity index (χ1v) is 21.1. The summed E-state index contributed by atoms with van der Waals surface area (Å²) >= 11 is 0. The van der Waals surface area contributed by atoms with Gasteiger partial charge < -0.3 is 5.11 Å². The molecule has 3 atom stereocenters. The first-order valence-electron chi connectivity index (χ1n) is 26.6. The number of hydrogen-bond acceptors (Lipinski definition) is 3. The number of aromatic nitrogens is 3. The van der Waals surface area contributed by atoms with Gasteiger partial charge in [0.1, 0.15) is 11.6 Å². The molecule has 61 heavy (non-hydrogen) atoms. The van der Waals surface area contributed by atoms with Gasteiger partial charge >= 0.3 is 0 Å². The molecular formula is C56H62N3OPt-. The van der Waals surface area contributed by atoms with E-state index in [0.717, 1.165) is 36.0 Å². The van der Waals surface area contributed by atoms with Crippen LogP contribution < -0.4 is 0 Å². The summed E-state index contributed by atoms with van der Waals surface area (Å²) in [7, 11) is 0. The Labute approximate surface area is 394 Å². The first-order chi connectivity index (χ1) is 32.9. The predicted molar refractivity (Wildman–Crippen MR) is 252 cm³/mol. The zero-order chi connectivity index (χ0) is 52.0. The number of para-hydroxylation sites is 1. The summed E-state index contributed by atoms with van der Waals surface area (Å²) in [5.41, 5.74) is 7.05. The second-order valence-electron chi connectivity index (χ2n) is 18.5. The molecule has 0 radical (unpaired) electrons. The maximum Gasteiger partial charge on any atom is 0.148 e. The van der Waals surface area contributed by atoms with Crippen molar-refractivity contribution in [3.63, 3.8) is 0 Å². The molecule has 2 heterocycles. The van der Waals surface area contributed by atoms with Crippen LogP contribution in [0.25, 0.3) is 61.6 Å². The average Bonchev–Trinajstić information content (AvgIpc) is 3.67. The van der Waals surface area contributed by atoms with Crippen LogP contribution in [0.3, 0.4) is 0 Å². The fourth-order valence-corrected chi connectivity index (χ4v) is 9.00. The number of pyridine rings is 1. The van der Waals surface area contributed by atoms with Crippen molar-refractivity contribution in [2.75, 3.05) is 0 Å². The van der Waals surface area contributed by atoms with Crippen LogP contribution >= 0.6 is 0 Å². The van der Waals surface area contributed by atoms with Crippen molar-refractivity contribution in [3.8, 4) is 56.3 Å². The molecule has 4 nitrogen and oxygen atoms in total. The van der Waals surface area contributed by atoms with E-state index in [0.29, 0.717) is 73.5 Å². The molecular weight excluding hydrogens is 926 g/mol. The molecule has 8 rings (SSSR count). The third kappa shape index (κ3) is 8.94. The van der Waals surface area contributed by atoms with Gasteiger partial charge in [0, 0.05) is 42.6 Å². The molecule has 2 aromatic heterocycles. The van der Waals surface area contributed by atoms with Gasteiger partial charge in [0.25, 0.3) is 0 Å². The van der Waals surface area contributed by atoms with Crippen LogP contribution in [-0.2, 0) is 26.5 Å². The largest absolute Gasteiger partial charge is 0.507 e.